The highest BCUT2D eigenvalue weighted by Gasteiger charge is 2.10. The molecule has 4 aromatic rings. The first-order valence-corrected chi connectivity index (χ1v) is 7.30. The maximum absolute atomic E-state index is 3.61. The highest BCUT2D eigenvalue weighted by molar-refractivity contribution is 6.12. The Morgan fingerprint density at radius 1 is 0.714 bits per heavy atom. The summed E-state index contributed by atoms with van der Waals surface area (Å²) < 4.78 is 0. The summed E-state index contributed by atoms with van der Waals surface area (Å²) in [4.78, 5) is 3.61. The summed E-state index contributed by atoms with van der Waals surface area (Å²) in [5, 5.41) is 2.61. The number of benzene rings is 3. The monoisotopic (exact) mass is 271 g/mol. The van der Waals surface area contributed by atoms with Gasteiger partial charge in [0, 0.05) is 21.9 Å². The van der Waals surface area contributed by atoms with Crippen molar-refractivity contribution in [2.45, 2.75) is 13.8 Å². The van der Waals surface area contributed by atoms with E-state index < -0.39 is 0 Å². The zero-order valence-corrected chi connectivity index (χ0v) is 12.3. The molecule has 0 aliphatic carbocycles. The molecule has 0 bridgehead atoms. The van der Waals surface area contributed by atoms with E-state index in [0.717, 1.165) is 0 Å². The van der Waals surface area contributed by atoms with E-state index in [2.05, 4.69) is 79.5 Å². The number of hydrogen-bond acceptors (Lipinski definition) is 0. The molecule has 0 saturated heterocycles. The van der Waals surface area contributed by atoms with Gasteiger partial charge in [0.1, 0.15) is 0 Å². The molecule has 0 amide bonds. The first kappa shape index (κ1) is 12.2. The molecular formula is C20H17N. The van der Waals surface area contributed by atoms with E-state index in [1.807, 2.05) is 0 Å². The average Bonchev–Trinajstić information content (AvgIpc) is 2.84. The molecule has 0 unspecified atom stereocenters. The molecule has 1 heteroatoms. The summed E-state index contributed by atoms with van der Waals surface area (Å²) in [5.74, 6) is 0. The largest absolute Gasteiger partial charge is 0.354 e. The lowest BCUT2D eigenvalue weighted by molar-refractivity contribution is 1.46. The number of aryl methyl sites for hydroxylation is 2. The molecule has 102 valence electrons. The molecular weight excluding hydrogens is 254 g/mol. The maximum atomic E-state index is 3.61. The predicted molar refractivity (Wildman–Crippen MR) is 90.7 cm³/mol. The van der Waals surface area contributed by atoms with Crippen molar-refractivity contribution >= 4 is 21.8 Å². The van der Waals surface area contributed by atoms with Crippen LogP contribution in [-0.4, -0.2) is 4.98 Å². The Morgan fingerprint density at radius 3 is 2.33 bits per heavy atom. The van der Waals surface area contributed by atoms with Crippen molar-refractivity contribution in [1.82, 2.24) is 4.98 Å². The number of fused-ring (bicyclic) bond motifs is 3. The Hall–Kier alpha value is -2.54. The molecule has 0 atom stereocenters. The van der Waals surface area contributed by atoms with Gasteiger partial charge in [-0.3, -0.25) is 0 Å². The molecule has 1 heterocycles. The molecule has 0 spiro atoms. The minimum absolute atomic E-state index is 1.22. The van der Waals surface area contributed by atoms with Gasteiger partial charge in [-0.1, -0.05) is 42.5 Å². The summed E-state index contributed by atoms with van der Waals surface area (Å²) in [7, 11) is 0. The smallest absolute Gasteiger partial charge is 0.0544 e. The molecule has 21 heavy (non-hydrogen) atoms. The van der Waals surface area contributed by atoms with E-state index in [-0.39, 0.29) is 0 Å². The number of nitrogens with one attached hydrogen (secondary N) is 1. The van der Waals surface area contributed by atoms with Gasteiger partial charge in [0.2, 0.25) is 0 Å². The zero-order chi connectivity index (χ0) is 14.4. The third-order valence-corrected chi connectivity index (χ3v) is 4.09. The van der Waals surface area contributed by atoms with Crippen LogP contribution in [0.15, 0.2) is 60.7 Å². The minimum atomic E-state index is 1.22. The lowest BCUT2D eigenvalue weighted by Gasteiger charge is -2.05. The van der Waals surface area contributed by atoms with Crippen LogP contribution in [0.3, 0.4) is 0 Å². The molecule has 0 saturated carbocycles. The van der Waals surface area contributed by atoms with Crippen molar-refractivity contribution < 1.29 is 0 Å². The molecule has 3 aromatic carbocycles. The SMILES string of the molecule is Cc1ccc2c(c1)[nH]c1c(-c3ccccc3)cc(C)cc12. The lowest BCUT2D eigenvalue weighted by atomic mass is 9.99. The summed E-state index contributed by atoms with van der Waals surface area (Å²) in [5.41, 5.74) is 7.56. The summed E-state index contributed by atoms with van der Waals surface area (Å²) in [6.45, 7) is 4.30. The normalized spacial score (nSPS) is 11.3. The lowest BCUT2D eigenvalue weighted by Crippen LogP contribution is -1.82. The molecule has 1 N–H and O–H groups in total. The summed E-state index contributed by atoms with van der Waals surface area (Å²) in [6, 6.07) is 21.8. The third kappa shape index (κ3) is 1.93. The van der Waals surface area contributed by atoms with Crippen LogP contribution in [0.4, 0.5) is 0 Å². The van der Waals surface area contributed by atoms with Gasteiger partial charge < -0.3 is 4.98 Å². The third-order valence-electron chi connectivity index (χ3n) is 4.09. The number of aromatic amines is 1. The van der Waals surface area contributed by atoms with E-state index in [0.29, 0.717) is 0 Å². The average molecular weight is 271 g/mol. The van der Waals surface area contributed by atoms with Crippen LogP contribution in [0, 0.1) is 13.8 Å². The molecule has 0 fully saturated rings. The quantitative estimate of drug-likeness (QED) is 0.463. The van der Waals surface area contributed by atoms with E-state index in [4.69, 9.17) is 0 Å². The second-order valence-corrected chi connectivity index (χ2v) is 5.78. The Labute approximate surface area is 124 Å². The Kier molecular flexibility index (Phi) is 2.61. The fraction of sp³-hybridized carbons (Fsp3) is 0.100. The zero-order valence-electron chi connectivity index (χ0n) is 12.3. The first-order chi connectivity index (χ1) is 10.2. The van der Waals surface area contributed by atoms with Crippen molar-refractivity contribution in [2.75, 3.05) is 0 Å². The van der Waals surface area contributed by atoms with Gasteiger partial charge in [0.25, 0.3) is 0 Å². The number of aromatic nitrogens is 1. The Bertz CT molecular complexity index is 946. The van der Waals surface area contributed by atoms with Crippen molar-refractivity contribution in [1.29, 1.82) is 0 Å². The standard InChI is InChI=1S/C20H17N/c1-13-8-9-16-18-11-14(2)10-17(15-6-4-3-5-7-15)20(18)21-19(16)12-13/h3-12,21H,1-2H3. The van der Waals surface area contributed by atoms with Gasteiger partial charge in [-0.2, -0.15) is 0 Å². The highest BCUT2D eigenvalue weighted by atomic mass is 14.7. The topological polar surface area (TPSA) is 15.8 Å². The summed E-state index contributed by atoms with van der Waals surface area (Å²) in [6.07, 6.45) is 0. The molecule has 4 rings (SSSR count). The number of hydrogen-bond donors (Lipinski definition) is 1. The molecule has 0 aliphatic rings. The Morgan fingerprint density at radius 2 is 1.52 bits per heavy atom. The van der Waals surface area contributed by atoms with Gasteiger partial charge >= 0.3 is 0 Å². The first-order valence-electron chi connectivity index (χ1n) is 7.30. The van der Waals surface area contributed by atoms with Gasteiger partial charge in [0.15, 0.2) is 0 Å². The highest BCUT2D eigenvalue weighted by Crippen LogP contribution is 2.34. The van der Waals surface area contributed by atoms with Crippen LogP contribution in [0.1, 0.15) is 11.1 Å². The van der Waals surface area contributed by atoms with Gasteiger partial charge in [0.05, 0.1) is 5.52 Å². The van der Waals surface area contributed by atoms with Crippen molar-refractivity contribution in [3.05, 3.63) is 71.8 Å². The Balaban J connectivity index is 2.14. The van der Waals surface area contributed by atoms with E-state index in [1.165, 1.54) is 44.1 Å². The minimum Gasteiger partial charge on any atom is -0.354 e. The predicted octanol–water partition coefficient (Wildman–Crippen LogP) is 5.60. The number of rotatable bonds is 1. The van der Waals surface area contributed by atoms with Crippen LogP contribution in [0.25, 0.3) is 32.9 Å². The van der Waals surface area contributed by atoms with E-state index >= 15 is 0 Å². The van der Waals surface area contributed by atoms with Crippen molar-refractivity contribution in [3.63, 3.8) is 0 Å². The molecule has 0 radical (unpaired) electrons. The maximum Gasteiger partial charge on any atom is 0.0544 e. The fourth-order valence-electron chi connectivity index (χ4n) is 3.11. The van der Waals surface area contributed by atoms with Gasteiger partial charge in [-0.25, -0.2) is 0 Å². The van der Waals surface area contributed by atoms with Crippen LogP contribution >= 0.6 is 0 Å². The van der Waals surface area contributed by atoms with Crippen LogP contribution in [-0.2, 0) is 0 Å². The molecule has 0 aliphatic heterocycles. The van der Waals surface area contributed by atoms with E-state index in [9.17, 15) is 0 Å². The van der Waals surface area contributed by atoms with Crippen molar-refractivity contribution in [3.8, 4) is 11.1 Å². The number of H-pyrrole nitrogens is 1. The van der Waals surface area contributed by atoms with Gasteiger partial charge in [-0.15, -0.1) is 0 Å². The van der Waals surface area contributed by atoms with Crippen molar-refractivity contribution in [2.24, 2.45) is 0 Å². The molecule has 1 aromatic heterocycles. The van der Waals surface area contributed by atoms with Crippen LogP contribution in [0.5, 0.6) is 0 Å². The second kappa shape index (κ2) is 4.49. The van der Waals surface area contributed by atoms with Crippen LogP contribution in [0.2, 0.25) is 0 Å². The van der Waals surface area contributed by atoms with E-state index in [1.54, 1.807) is 0 Å². The molecule has 1 nitrogen and oxygen atoms in total. The van der Waals surface area contributed by atoms with Crippen LogP contribution < -0.4 is 0 Å². The fourth-order valence-corrected chi connectivity index (χ4v) is 3.11. The van der Waals surface area contributed by atoms with Gasteiger partial charge in [-0.05, 0) is 48.7 Å². The second-order valence-electron chi connectivity index (χ2n) is 5.78. The summed E-state index contributed by atoms with van der Waals surface area (Å²) >= 11 is 0.